The van der Waals surface area contributed by atoms with Crippen molar-refractivity contribution in [3.8, 4) is 0 Å². The highest BCUT2D eigenvalue weighted by Crippen LogP contribution is 2.39. The molecule has 1 aliphatic heterocycles. The predicted octanol–water partition coefficient (Wildman–Crippen LogP) is 4.27. The minimum absolute atomic E-state index is 0.359. The second kappa shape index (κ2) is 5.89. The average Bonchev–Trinajstić information content (AvgIpc) is 2.84. The predicted molar refractivity (Wildman–Crippen MR) is 62.3 cm³/mol. The van der Waals surface area contributed by atoms with Gasteiger partial charge in [-0.1, -0.05) is 51.7 Å². The zero-order chi connectivity index (χ0) is 9.68. The van der Waals surface area contributed by atoms with Crippen LogP contribution < -0.4 is 0 Å². The minimum Gasteiger partial charge on any atom is -0.141 e. The summed E-state index contributed by atoms with van der Waals surface area (Å²) in [5.41, 5.74) is 0. The third-order valence-electron chi connectivity index (χ3n) is 3.18. The lowest BCUT2D eigenvalue weighted by Crippen LogP contribution is -1.94. The van der Waals surface area contributed by atoms with Crippen molar-refractivity contribution in [1.29, 1.82) is 0 Å². The van der Waals surface area contributed by atoms with Crippen LogP contribution >= 0.6 is 0 Å². The van der Waals surface area contributed by atoms with Gasteiger partial charge in [0, 0.05) is 0 Å². The van der Waals surface area contributed by atoms with Crippen molar-refractivity contribution < 1.29 is 0 Å². The smallest absolute Gasteiger partial charge is 0.141 e. The molecule has 1 rings (SSSR count). The lowest BCUT2D eigenvalue weighted by Gasteiger charge is -1.91. The van der Waals surface area contributed by atoms with E-state index < -0.39 is 0 Å². The summed E-state index contributed by atoms with van der Waals surface area (Å²) < 4.78 is 3.94. The highest BCUT2D eigenvalue weighted by molar-refractivity contribution is 6.85. The monoisotopic (exact) mass is 194 g/mol. The summed E-state index contributed by atoms with van der Waals surface area (Å²) in [5.74, 6) is 0. The summed E-state index contributed by atoms with van der Waals surface area (Å²) in [5, 5.41) is 1.50. The molecule has 0 bridgehead atoms. The third kappa shape index (κ3) is 3.15. The molecule has 0 aromatic heterocycles. The van der Waals surface area contributed by atoms with Gasteiger partial charge in [0.25, 0.3) is 0 Å². The van der Waals surface area contributed by atoms with Gasteiger partial charge >= 0.3 is 14.1 Å². The van der Waals surface area contributed by atoms with Crippen LogP contribution in [0.15, 0.2) is 8.87 Å². The summed E-state index contributed by atoms with van der Waals surface area (Å²) in [6.45, 7) is 7.00. The molecule has 0 spiro atoms. The maximum atomic E-state index is 2.39. The lowest BCUT2D eigenvalue weighted by molar-refractivity contribution is 0.793. The molecule has 0 saturated heterocycles. The first-order valence-electron chi connectivity index (χ1n) is 6.06. The summed E-state index contributed by atoms with van der Waals surface area (Å²) >= 11 is -0.359. The molecule has 74 valence electrons. The molecule has 0 radical (unpaired) electrons. The Labute approximate surface area is 87.8 Å². The van der Waals surface area contributed by atoms with Crippen molar-refractivity contribution in [2.75, 3.05) is 0 Å². The fourth-order valence-corrected chi connectivity index (χ4v) is 5.76. The molecule has 1 aliphatic rings. The Kier molecular flexibility index (Phi) is 5.14. The molecule has 1 heteroatoms. The van der Waals surface area contributed by atoms with E-state index in [1.54, 1.807) is 0 Å². The zero-order valence-corrected chi connectivity index (χ0v) is 10.7. The van der Waals surface area contributed by atoms with E-state index in [4.69, 9.17) is 0 Å². The van der Waals surface area contributed by atoms with Crippen molar-refractivity contribution in [2.24, 2.45) is 0 Å². The standard InChI is InChI=1S/C10H18.C2H5.Al/c1-3-5-7-9-10-8-6-4-2;1-2;/h3-8H2,1-2H3;1H2,2H3;. The van der Waals surface area contributed by atoms with Crippen LogP contribution in [0.1, 0.15) is 59.3 Å². The van der Waals surface area contributed by atoms with E-state index in [0.717, 1.165) is 0 Å². The maximum Gasteiger partial charge on any atom is 0.330 e. The van der Waals surface area contributed by atoms with Gasteiger partial charge in [0.05, 0.1) is 0 Å². The Bertz CT molecular complexity index is 164. The van der Waals surface area contributed by atoms with E-state index in [1.807, 2.05) is 8.87 Å². The van der Waals surface area contributed by atoms with Gasteiger partial charge in [0.2, 0.25) is 0 Å². The van der Waals surface area contributed by atoms with Gasteiger partial charge in [0.1, 0.15) is 0 Å². The SMILES string of the molecule is CCCC[C]1=[C](CCCC)[Al]1[CH2]C. The molecule has 0 N–H and O–H groups in total. The Morgan fingerprint density at radius 3 is 1.62 bits per heavy atom. The molecular weight excluding hydrogens is 171 g/mol. The lowest BCUT2D eigenvalue weighted by atomic mass is 10.2. The highest BCUT2D eigenvalue weighted by atomic mass is 27.2. The van der Waals surface area contributed by atoms with Crippen molar-refractivity contribution in [3.63, 3.8) is 0 Å². The number of allylic oxidation sites excluding steroid dienone is 2. The summed E-state index contributed by atoms with van der Waals surface area (Å²) in [4.78, 5) is 0. The fraction of sp³-hybridized carbons (Fsp3) is 0.833. The van der Waals surface area contributed by atoms with Gasteiger partial charge < -0.3 is 0 Å². The maximum absolute atomic E-state index is 2.39. The summed E-state index contributed by atoms with van der Waals surface area (Å²) in [7, 11) is 0. The van der Waals surface area contributed by atoms with Crippen molar-refractivity contribution in [1.82, 2.24) is 0 Å². The molecule has 0 amide bonds. The van der Waals surface area contributed by atoms with E-state index in [2.05, 4.69) is 20.8 Å². The normalized spacial score (nSPS) is 15.5. The van der Waals surface area contributed by atoms with Gasteiger partial charge in [-0.25, -0.2) is 0 Å². The largest absolute Gasteiger partial charge is 0.330 e. The molecular formula is C12H23Al. The Morgan fingerprint density at radius 2 is 1.31 bits per heavy atom. The minimum atomic E-state index is -0.359. The first-order valence-corrected chi connectivity index (χ1v) is 8.04. The van der Waals surface area contributed by atoms with E-state index in [-0.39, 0.29) is 14.1 Å². The molecule has 0 unspecified atom stereocenters. The van der Waals surface area contributed by atoms with Crippen molar-refractivity contribution in [3.05, 3.63) is 8.87 Å². The van der Waals surface area contributed by atoms with Crippen molar-refractivity contribution in [2.45, 2.75) is 64.6 Å². The van der Waals surface area contributed by atoms with E-state index in [9.17, 15) is 0 Å². The number of hydrogen-bond donors (Lipinski definition) is 0. The second-order valence-corrected chi connectivity index (χ2v) is 7.53. The topological polar surface area (TPSA) is 0 Å². The molecule has 0 fully saturated rings. The van der Waals surface area contributed by atoms with Crippen molar-refractivity contribution >= 4 is 14.1 Å². The molecule has 0 aromatic rings. The van der Waals surface area contributed by atoms with Gasteiger partial charge in [-0.2, -0.15) is 0 Å². The Morgan fingerprint density at radius 1 is 0.846 bits per heavy atom. The Hall–Kier alpha value is 0.272. The van der Waals surface area contributed by atoms with E-state index >= 15 is 0 Å². The van der Waals surface area contributed by atoms with Crippen LogP contribution in [0.5, 0.6) is 0 Å². The number of hydrogen-bond acceptors (Lipinski definition) is 0. The number of rotatable bonds is 7. The fourth-order valence-electron chi connectivity index (χ4n) is 2.27. The van der Waals surface area contributed by atoms with E-state index in [1.165, 1.54) is 43.8 Å². The van der Waals surface area contributed by atoms with Crippen LogP contribution in [0.2, 0.25) is 5.28 Å². The van der Waals surface area contributed by atoms with Crippen LogP contribution in [-0.4, -0.2) is 14.1 Å². The molecule has 0 aromatic carbocycles. The van der Waals surface area contributed by atoms with Gasteiger partial charge in [-0.15, -0.1) is 8.87 Å². The quantitative estimate of drug-likeness (QED) is 0.531. The first kappa shape index (κ1) is 11.3. The molecule has 1 heterocycles. The van der Waals surface area contributed by atoms with Crippen LogP contribution in [0, 0.1) is 0 Å². The van der Waals surface area contributed by atoms with Crippen LogP contribution in [0.4, 0.5) is 0 Å². The molecule has 0 atom stereocenters. The summed E-state index contributed by atoms with van der Waals surface area (Å²) in [6.07, 6.45) is 8.54. The van der Waals surface area contributed by atoms with E-state index in [0.29, 0.717) is 0 Å². The van der Waals surface area contributed by atoms with Gasteiger partial charge in [0.15, 0.2) is 0 Å². The molecule has 0 nitrogen and oxygen atoms in total. The third-order valence-corrected chi connectivity index (χ3v) is 6.66. The van der Waals surface area contributed by atoms with Gasteiger partial charge in [-0.3, -0.25) is 0 Å². The highest BCUT2D eigenvalue weighted by Gasteiger charge is 2.38. The second-order valence-electron chi connectivity index (χ2n) is 4.22. The molecule has 0 saturated carbocycles. The van der Waals surface area contributed by atoms with Crippen LogP contribution in [0.3, 0.4) is 0 Å². The average molecular weight is 194 g/mol. The summed E-state index contributed by atoms with van der Waals surface area (Å²) in [6, 6.07) is 0. The van der Waals surface area contributed by atoms with Gasteiger partial charge in [-0.05, 0) is 12.8 Å². The number of unbranched alkanes of at least 4 members (excludes halogenated alkanes) is 2. The van der Waals surface area contributed by atoms with Crippen LogP contribution in [0.25, 0.3) is 0 Å². The molecule has 0 aliphatic carbocycles. The molecule has 13 heavy (non-hydrogen) atoms. The zero-order valence-electron chi connectivity index (χ0n) is 9.53. The first-order chi connectivity index (χ1) is 6.35. The Balaban J connectivity index is 2.27. The van der Waals surface area contributed by atoms with Crippen LogP contribution in [-0.2, 0) is 0 Å².